The minimum atomic E-state index is -3.09. The Hall–Kier alpha value is -4.47. The summed E-state index contributed by atoms with van der Waals surface area (Å²) in [4.78, 5) is 36.6. The maximum absolute atomic E-state index is 13.6. The number of carbonyl (C=O) groups is 2. The maximum atomic E-state index is 13.6. The molecule has 1 saturated carbocycles. The molecule has 1 aliphatic carbocycles. The van der Waals surface area contributed by atoms with E-state index in [2.05, 4.69) is 31.2 Å². The van der Waals surface area contributed by atoms with Crippen LogP contribution in [0.2, 0.25) is 10.0 Å². The van der Waals surface area contributed by atoms with E-state index in [9.17, 15) is 18.4 Å². The summed E-state index contributed by atoms with van der Waals surface area (Å²) in [5, 5.41) is 23.9. The first-order valence-electron chi connectivity index (χ1n) is 18.5. The van der Waals surface area contributed by atoms with Crippen molar-refractivity contribution in [2.24, 2.45) is 5.92 Å². The van der Waals surface area contributed by atoms with Crippen LogP contribution in [0.3, 0.4) is 0 Å². The number of fused-ring (bicyclic) bond motifs is 1. The van der Waals surface area contributed by atoms with Crippen LogP contribution in [0.25, 0.3) is 32.6 Å². The lowest BCUT2D eigenvalue weighted by Crippen LogP contribution is -2.35. The highest BCUT2D eigenvalue weighted by Gasteiger charge is 2.25. The topological polar surface area (TPSA) is 150 Å². The van der Waals surface area contributed by atoms with Crippen LogP contribution in [0.5, 0.6) is 5.88 Å². The number of benzene rings is 2. The van der Waals surface area contributed by atoms with Crippen LogP contribution in [-0.2, 0) is 22.7 Å². The number of carbonyl (C=O) groups excluding carboxylic acids is 1. The van der Waals surface area contributed by atoms with Gasteiger partial charge in [-0.05, 0) is 68.7 Å². The molecule has 5 N–H and O–H groups in total. The molecule has 16 heteroatoms. The number of ether oxygens (including phenoxy) is 1. The summed E-state index contributed by atoms with van der Waals surface area (Å²) >= 11 is 15.7. The van der Waals surface area contributed by atoms with E-state index in [1.54, 1.807) is 42.7 Å². The van der Waals surface area contributed by atoms with Gasteiger partial charge in [0.1, 0.15) is 10.5 Å². The van der Waals surface area contributed by atoms with E-state index < -0.39 is 12.6 Å². The number of halogens is 4. The molecule has 294 valence electrons. The van der Waals surface area contributed by atoms with E-state index in [0.717, 1.165) is 35.4 Å². The summed E-state index contributed by atoms with van der Waals surface area (Å²) in [5.74, 6) is -0.142. The third-order valence-electron chi connectivity index (χ3n) is 10.3. The molecule has 0 spiro atoms. The number of rotatable bonds is 15. The van der Waals surface area contributed by atoms with Crippen LogP contribution in [0.1, 0.15) is 61.1 Å². The van der Waals surface area contributed by atoms with Crippen molar-refractivity contribution in [3.8, 4) is 28.3 Å². The molecule has 11 nitrogen and oxygen atoms in total. The average Bonchev–Trinajstić information content (AvgIpc) is 3.79. The van der Waals surface area contributed by atoms with Crippen molar-refractivity contribution in [2.45, 2.75) is 83.7 Å². The Balaban J connectivity index is 1.09. The number of thiazole rings is 1. The minimum absolute atomic E-state index is 0.000252. The Morgan fingerprint density at radius 1 is 1.02 bits per heavy atom. The van der Waals surface area contributed by atoms with Crippen LogP contribution in [0, 0.1) is 12.8 Å². The van der Waals surface area contributed by atoms with Gasteiger partial charge < -0.3 is 31.1 Å². The summed E-state index contributed by atoms with van der Waals surface area (Å²) in [6.07, 6.45) is 6.82. The first-order chi connectivity index (χ1) is 27.0. The molecule has 0 bridgehead atoms. The van der Waals surface area contributed by atoms with E-state index >= 15 is 0 Å². The number of alkyl halides is 2. The number of hydrogen-bond donors (Lipinski definition) is 5. The lowest BCUT2D eigenvalue weighted by atomic mass is 9.84. The predicted octanol–water partition coefficient (Wildman–Crippen LogP) is 8.87. The van der Waals surface area contributed by atoms with Gasteiger partial charge in [0, 0.05) is 73.0 Å². The maximum Gasteiger partial charge on any atom is 0.388 e. The molecule has 1 saturated heterocycles. The van der Waals surface area contributed by atoms with Crippen molar-refractivity contribution >= 4 is 68.1 Å². The third-order valence-corrected chi connectivity index (χ3v) is 12.1. The largest absolute Gasteiger partial charge is 0.481 e. The number of aromatic nitrogens is 3. The second kappa shape index (κ2) is 17.8. The fourth-order valence-electron chi connectivity index (χ4n) is 7.43. The van der Waals surface area contributed by atoms with Crippen molar-refractivity contribution in [3.05, 3.63) is 80.9 Å². The Morgan fingerprint density at radius 2 is 1.77 bits per heavy atom. The first kappa shape index (κ1) is 39.8. The molecular formula is C40H41Cl2F2N7O4S. The fourth-order valence-corrected chi connectivity index (χ4v) is 8.94. The monoisotopic (exact) mass is 823 g/mol. The average molecular weight is 825 g/mol. The molecule has 5 aromatic rings. The van der Waals surface area contributed by atoms with E-state index in [4.69, 9.17) is 38.0 Å². The number of aliphatic carboxylic acids is 1. The Kier molecular flexibility index (Phi) is 12.6. The highest BCUT2D eigenvalue weighted by molar-refractivity contribution is 7.18. The predicted molar refractivity (Wildman–Crippen MR) is 215 cm³/mol. The van der Waals surface area contributed by atoms with Gasteiger partial charge in [-0.2, -0.15) is 8.78 Å². The number of anilines is 2. The van der Waals surface area contributed by atoms with Crippen LogP contribution in [0.15, 0.2) is 54.7 Å². The molecule has 0 radical (unpaired) electrons. The van der Waals surface area contributed by atoms with E-state index in [0.29, 0.717) is 92.6 Å². The number of nitrogens with one attached hydrogen (secondary N) is 4. The van der Waals surface area contributed by atoms with Crippen LogP contribution >= 0.6 is 34.5 Å². The molecule has 1 atom stereocenters. The molecule has 56 heavy (non-hydrogen) atoms. The van der Waals surface area contributed by atoms with Crippen molar-refractivity contribution in [1.29, 1.82) is 0 Å². The van der Waals surface area contributed by atoms with Gasteiger partial charge in [0.2, 0.25) is 11.8 Å². The van der Waals surface area contributed by atoms with E-state index in [-0.39, 0.29) is 36.7 Å². The SMILES string of the molecule is Cc1cc(-c2cccc(-c3cccc(Nc4nccc5sc(CN[C@H]6CC[C@H](CC(=O)O)CC6)nc45)c3Cl)c2Cl)nc(OC(F)F)c1CNC[C@@H]1CCC(=O)N1. The highest BCUT2D eigenvalue weighted by Crippen LogP contribution is 2.43. The Morgan fingerprint density at radius 3 is 2.50 bits per heavy atom. The standard InChI is InChI=1S/C40H41Cl2F2N7O4S/c1-21-16-30(50-39(55-40(43)44)28(21)19-45-18-24-12-13-32(52)48-24)27-6-2-4-25(35(27)41)26-5-3-7-29(36(26)42)49-38-37-31(14-15-46-38)56-33(51-37)20-47-23-10-8-22(9-11-23)17-34(53)54/h2-7,14-16,22-24,40,45,47H,8-13,17-20H2,1H3,(H,46,49)(H,48,52)(H,53,54)/t22-,23-,24-/m0/s1. The van der Waals surface area contributed by atoms with Gasteiger partial charge in [-0.15, -0.1) is 11.3 Å². The van der Waals surface area contributed by atoms with Gasteiger partial charge >= 0.3 is 12.6 Å². The number of amides is 1. The molecule has 2 aliphatic rings. The summed E-state index contributed by atoms with van der Waals surface area (Å²) in [6, 6.07) is 14.9. The second-order valence-corrected chi connectivity index (χ2v) is 16.1. The summed E-state index contributed by atoms with van der Waals surface area (Å²) < 4.78 is 33.1. The van der Waals surface area contributed by atoms with Crippen LogP contribution < -0.4 is 26.0 Å². The lowest BCUT2D eigenvalue weighted by molar-refractivity contribution is -0.138. The van der Waals surface area contributed by atoms with Crippen molar-refractivity contribution in [1.82, 2.24) is 30.9 Å². The third kappa shape index (κ3) is 9.38. The van der Waals surface area contributed by atoms with Gasteiger partial charge in [-0.3, -0.25) is 9.59 Å². The number of nitrogens with zero attached hydrogens (tertiary/aromatic N) is 3. The molecule has 1 aliphatic heterocycles. The minimum Gasteiger partial charge on any atom is -0.481 e. The van der Waals surface area contributed by atoms with Gasteiger partial charge in [-0.25, -0.2) is 15.0 Å². The number of carboxylic acids is 1. The van der Waals surface area contributed by atoms with Crippen molar-refractivity contribution in [2.75, 3.05) is 11.9 Å². The molecule has 2 fully saturated rings. The summed E-state index contributed by atoms with van der Waals surface area (Å²) in [6.45, 7) is 0.0177. The fraction of sp³-hybridized carbons (Fsp3) is 0.375. The van der Waals surface area contributed by atoms with Gasteiger partial charge in [-0.1, -0.05) is 53.5 Å². The molecular weight excluding hydrogens is 783 g/mol. The van der Waals surface area contributed by atoms with Crippen LogP contribution in [-0.4, -0.2) is 57.2 Å². The van der Waals surface area contributed by atoms with Gasteiger partial charge in [0.25, 0.3) is 0 Å². The van der Waals surface area contributed by atoms with E-state index in [1.807, 2.05) is 30.3 Å². The highest BCUT2D eigenvalue weighted by atomic mass is 35.5. The number of pyridine rings is 2. The lowest BCUT2D eigenvalue weighted by Gasteiger charge is -2.28. The number of hydrogen-bond acceptors (Lipinski definition) is 10. The molecule has 4 heterocycles. The molecule has 1 amide bonds. The van der Waals surface area contributed by atoms with Crippen LogP contribution in [0.4, 0.5) is 20.3 Å². The second-order valence-electron chi connectivity index (χ2n) is 14.2. The zero-order valence-corrected chi connectivity index (χ0v) is 32.8. The Bertz CT molecular complexity index is 2230. The Labute approximate surface area is 336 Å². The number of carboxylic acid groups (broad SMARTS) is 1. The molecule has 0 unspecified atom stereocenters. The van der Waals surface area contributed by atoms with E-state index in [1.165, 1.54) is 0 Å². The normalized spacial score (nSPS) is 18.4. The quantitative estimate of drug-likeness (QED) is 0.0693. The van der Waals surface area contributed by atoms with Crippen molar-refractivity contribution in [3.63, 3.8) is 0 Å². The van der Waals surface area contributed by atoms with Crippen molar-refractivity contribution < 1.29 is 28.2 Å². The smallest absolute Gasteiger partial charge is 0.388 e. The van der Waals surface area contributed by atoms with Gasteiger partial charge in [0.15, 0.2) is 5.82 Å². The number of aryl methyl sites for hydroxylation is 1. The summed E-state index contributed by atoms with van der Waals surface area (Å²) in [7, 11) is 0. The molecule has 7 rings (SSSR count). The molecule has 2 aromatic carbocycles. The summed E-state index contributed by atoms with van der Waals surface area (Å²) in [5.41, 5.74) is 4.59. The van der Waals surface area contributed by atoms with Gasteiger partial charge in [0.05, 0.1) is 26.1 Å². The molecule has 3 aromatic heterocycles. The first-order valence-corrected chi connectivity index (χ1v) is 20.1. The zero-order chi connectivity index (χ0) is 39.3. The zero-order valence-electron chi connectivity index (χ0n) is 30.5.